The Morgan fingerprint density at radius 1 is 0.929 bits per heavy atom. The molecule has 2 nitrogen and oxygen atoms in total. The van der Waals surface area contributed by atoms with Crippen LogP contribution in [0.4, 0.5) is 0 Å². The first-order valence-corrected chi connectivity index (χ1v) is 11.9. The predicted octanol–water partition coefficient (Wildman–Crippen LogP) is 5.86. The van der Waals surface area contributed by atoms with Gasteiger partial charge in [0.05, 0.1) is 0 Å². The largest absolute Gasteiger partial charge is 0.306 e. The first-order chi connectivity index (χ1) is 13.0. The molecule has 0 aromatic carbocycles. The van der Waals surface area contributed by atoms with E-state index >= 15 is 0 Å². The summed E-state index contributed by atoms with van der Waals surface area (Å²) in [5, 5.41) is 0. The molecule has 0 aromatic rings. The van der Waals surface area contributed by atoms with E-state index in [-0.39, 0.29) is 10.8 Å². The zero-order valence-electron chi connectivity index (χ0n) is 19.3. The Morgan fingerprint density at radius 2 is 1.57 bits per heavy atom. The van der Waals surface area contributed by atoms with Crippen molar-refractivity contribution in [3.8, 4) is 0 Å². The van der Waals surface area contributed by atoms with E-state index in [1.807, 2.05) is 0 Å². The number of allylic oxidation sites excluding steroid dienone is 2. The molecule has 0 aromatic heterocycles. The fourth-order valence-electron chi connectivity index (χ4n) is 10.4. The van der Waals surface area contributed by atoms with Crippen LogP contribution >= 0.6 is 0 Å². The van der Waals surface area contributed by atoms with E-state index in [1.165, 1.54) is 50.5 Å². The molecule has 5 aliphatic carbocycles. The number of carbonyl (C=O) groups excluding carboxylic acids is 1. The van der Waals surface area contributed by atoms with Gasteiger partial charge in [-0.2, -0.15) is 0 Å². The van der Waals surface area contributed by atoms with Crippen LogP contribution in [0, 0.1) is 38.9 Å². The van der Waals surface area contributed by atoms with Crippen LogP contribution in [0.2, 0.25) is 0 Å². The van der Waals surface area contributed by atoms with Gasteiger partial charge in [-0.3, -0.25) is 4.79 Å². The van der Waals surface area contributed by atoms with Crippen LogP contribution in [0.5, 0.6) is 0 Å². The van der Waals surface area contributed by atoms with Crippen LogP contribution in [0.1, 0.15) is 86.0 Å². The molecule has 7 atom stereocenters. The second kappa shape index (κ2) is 5.34. The first-order valence-electron chi connectivity index (χ1n) is 11.9. The van der Waals surface area contributed by atoms with E-state index in [9.17, 15) is 4.79 Å². The van der Waals surface area contributed by atoms with Crippen molar-refractivity contribution in [3.63, 3.8) is 0 Å². The zero-order valence-corrected chi connectivity index (χ0v) is 19.3. The highest BCUT2D eigenvalue weighted by Crippen LogP contribution is 2.88. The van der Waals surface area contributed by atoms with Crippen LogP contribution in [0.25, 0.3) is 0 Å². The molecule has 5 unspecified atom stereocenters. The topological polar surface area (TPSA) is 20.3 Å². The fourth-order valence-corrected chi connectivity index (χ4v) is 10.4. The smallest absolute Gasteiger partial charge is 0.159 e. The van der Waals surface area contributed by atoms with Gasteiger partial charge in [-0.15, -0.1) is 0 Å². The molecular weight excluding hydrogens is 342 g/mol. The molecule has 0 amide bonds. The van der Waals surface area contributed by atoms with Gasteiger partial charge in [-0.1, -0.05) is 33.8 Å². The Morgan fingerprint density at radius 3 is 2.21 bits per heavy atom. The van der Waals surface area contributed by atoms with E-state index in [0.717, 1.165) is 18.3 Å². The maximum absolute atomic E-state index is 13.0. The molecule has 0 saturated heterocycles. The van der Waals surface area contributed by atoms with Crippen molar-refractivity contribution in [3.05, 3.63) is 11.6 Å². The predicted molar refractivity (Wildman–Crippen MR) is 115 cm³/mol. The summed E-state index contributed by atoms with van der Waals surface area (Å²) in [6, 6.07) is 0.712. The van der Waals surface area contributed by atoms with E-state index in [1.54, 1.807) is 0 Å². The van der Waals surface area contributed by atoms with Crippen molar-refractivity contribution >= 4 is 5.78 Å². The zero-order chi connectivity index (χ0) is 20.3. The molecule has 5 aliphatic rings. The summed E-state index contributed by atoms with van der Waals surface area (Å²) in [6.07, 6.45) is 12.6. The van der Waals surface area contributed by atoms with Gasteiger partial charge >= 0.3 is 0 Å². The maximum atomic E-state index is 13.0. The van der Waals surface area contributed by atoms with Crippen molar-refractivity contribution in [1.29, 1.82) is 0 Å². The molecule has 0 heterocycles. The SMILES string of the molecule is C/C=C1/C(=O)C[C@@]2(C)C3CCC4C(C)(C)C(N(C)C)CCC45CC35CC[C@]12C. The number of hydrogen-bond donors (Lipinski definition) is 0. The monoisotopic (exact) mass is 383 g/mol. The van der Waals surface area contributed by atoms with E-state index in [4.69, 9.17) is 0 Å². The van der Waals surface area contributed by atoms with Gasteiger partial charge in [0.15, 0.2) is 5.78 Å². The van der Waals surface area contributed by atoms with E-state index in [2.05, 4.69) is 59.7 Å². The van der Waals surface area contributed by atoms with Crippen LogP contribution in [-0.2, 0) is 4.79 Å². The van der Waals surface area contributed by atoms with E-state index in [0.29, 0.717) is 28.1 Å². The van der Waals surface area contributed by atoms with Gasteiger partial charge in [0.25, 0.3) is 0 Å². The van der Waals surface area contributed by atoms with E-state index < -0.39 is 0 Å². The lowest BCUT2D eigenvalue weighted by Crippen LogP contribution is -2.58. The molecule has 0 aliphatic heterocycles. The quantitative estimate of drug-likeness (QED) is 0.528. The summed E-state index contributed by atoms with van der Waals surface area (Å²) in [7, 11) is 4.57. The number of nitrogens with zero attached hydrogens (tertiary/aromatic N) is 1. The van der Waals surface area contributed by atoms with Crippen LogP contribution in [-0.4, -0.2) is 30.8 Å². The molecule has 156 valence electrons. The Hall–Kier alpha value is -0.630. The fraction of sp³-hybridized carbons (Fsp3) is 0.885. The van der Waals surface area contributed by atoms with Crippen LogP contribution < -0.4 is 0 Å². The standard InChI is InChI=1S/C26H41NO/c1-8-17-18(28)15-24(5)20-10-9-19-22(2,3)21(27(6)7)11-12-25(19)16-26(20,25)14-13-23(17,24)4/h8,19-21H,9-16H2,1-7H3/b17-8-/t19?,20?,21?,23-,24+,25?,26?/m1/s1. The highest BCUT2D eigenvalue weighted by Gasteiger charge is 2.82. The third kappa shape index (κ3) is 1.84. The number of hydrogen-bond acceptors (Lipinski definition) is 2. The minimum atomic E-state index is 0.113. The molecule has 2 heteroatoms. The van der Waals surface area contributed by atoms with Crippen molar-refractivity contribution in [1.82, 2.24) is 4.90 Å². The summed E-state index contributed by atoms with van der Waals surface area (Å²) in [5.41, 5.74) is 2.99. The minimum Gasteiger partial charge on any atom is -0.306 e. The summed E-state index contributed by atoms with van der Waals surface area (Å²) >= 11 is 0. The summed E-state index contributed by atoms with van der Waals surface area (Å²) in [5.74, 6) is 2.07. The van der Waals surface area contributed by atoms with Crippen molar-refractivity contribution in [2.24, 2.45) is 38.9 Å². The third-order valence-corrected chi connectivity index (χ3v) is 11.6. The van der Waals surface area contributed by atoms with Gasteiger partial charge in [-0.05, 0) is 105 Å². The number of ketones is 1. The molecule has 28 heavy (non-hydrogen) atoms. The average molecular weight is 384 g/mol. The van der Waals surface area contributed by atoms with Crippen molar-refractivity contribution in [2.75, 3.05) is 14.1 Å². The maximum Gasteiger partial charge on any atom is 0.159 e. The minimum absolute atomic E-state index is 0.113. The number of Topliss-reactive ketones (excluding diaryl/α,β-unsaturated/α-hetero) is 1. The lowest BCUT2D eigenvalue weighted by Gasteiger charge is -2.63. The molecular formula is C26H41NO. The summed E-state index contributed by atoms with van der Waals surface area (Å²) in [6.45, 7) is 12.2. The molecule has 2 spiro atoms. The van der Waals surface area contributed by atoms with Gasteiger partial charge in [0.1, 0.15) is 0 Å². The highest BCUT2D eigenvalue weighted by molar-refractivity contribution is 6.00. The van der Waals surface area contributed by atoms with Crippen molar-refractivity contribution in [2.45, 2.75) is 92.0 Å². The molecule has 0 bridgehead atoms. The summed E-state index contributed by atoms with van der Waals surface area (Å²) in [4.78, 5) is 15.5. The third-order valence-electron chi connectivity index (χ3n) is 11.6. The first kappa shape index (κ1) is 19.3. The molecule has 5 fully saturated rings. The molecule has 5 rings (SSSR count). The van der Waals surface area contributed by atoms with Gasteiger partial charge in [0.2, 0.25) is 0 Å². The Balaban J connectivity index is 1.55. The highest BCUT2D eigenvalue weighted by atomic mass is 16.1. The Bertz CT molecular complexity index is 764. The van der Waals surface area contributed by atoms with Gasteiger partial charge in [0, 0.05) is 17.9 Å². The lowest BCUT2D eigenvalue weighted by atomic mass is 9.42. The summed E-state index contributed by atoms with van der Waals surface area (Å²) < 4.78 is 0. The second-order valence-corrected chi connectivity index (χ2v) is 12.6. The average Bonchev–Trinajstić information content (AvgIpc) is 3.20. The van der Waals surface area contributed by atoms with Crippen LogP contribution in [0.3, 0.4) is 0 Å². The number of rotatable bonds is 1. The second-order valence-electron chi connectivity index (χ2n) is 12.6. The number of carbonyl (C=O) groups is 1. The number of fused-ring (bicyclic) bond motifs is 2. The lowest BCUT2D eigenvalue weighted by molar-refractivity contribution is -0.136. The normalized spacial score (nSPS) is 55.5. The van der Waals surface area contributed by atoms with Gasteiger partial charge < -0.3 is 4.90 Å². The van der Waals surface area contributed by atoms with Crippen molar-refractivity contribution < 1.29 is 4.79 Å². The Kier molecular flexibility index (Phi) is 3.69. The van der Waals surface area contributed by atoms with Gasteiger partial charge in [-0.25, -0.2) is 0 Å². The molecule has 5 saturated carbocycles. The molecule has 0 N–H and O–H groups in total. The molecule has 0 radical (unpaired) electrons. The van der Waals surface area contributed by atoms with Crippen LogP contribution in [0.15, 0.2) is 11.6 Å². The Labute approximate surface area is 172 Å².